The maximum Gasteiger partial charge on any atom is 0.310 e. The van der Waals surface area contributed by atoms with Crippen LogP contribution >= 0.6 is 0 Å². The maximum atomic E-state index is 12.4. The molecule has 2 fully saturated rings. The van der Waals surface area contributed by atoms with Crippen molar-refractivity contribution in [3.8, 4) is 0 Å². The molecule has 2 saturated heterocycles. The molecule has 7 nitrogen and oxygen atoms in total. The first-order valence-corrected chi connectivity index (χ1v) is 8.89. The van der Waals surface area contributed by atoms with E-state index in [1.54, 1.807) is 0 Å². The number of rotatable bonds is 4. The Bertz CT molecular complexity index is 634. The number of amides is 1. The zero-order chi connectivity index (χ0) is 17.2. The van der Waals surface area contributed by atoms with E-state index in [1.807, 2.05) is 12.1 Å². The second-order valence-corrected chi connectivity index (χ2v) is 6.88. The Labute approximate surface area is 146 Å². The number of esters is 1. The van der Waals surface area contributed by atoms with E-state index in [0.717, 1.165) is 32.2 Å². The van der Waals surface area contributed by atoms with Crippen LogP contribution in [0.3, 0.4) is 0 Å². The van der Waals surface area contributed by atoms with E-state index in [1.165, 1.54) is 11.1 Å². The molecule has 1 aromatic rings. The molecular weight excluding hydrogens is 322 g/mol. The summed E-state index contributed by atoms with van der Waals surface area (Å²) in [4.78, 5) is 24.1. The Morgan fingerprint density at radius 3 is 2.64 bits per heavy atom. The van der Waals surface area contributed by atoms with Crippen LogP contribution in [0.1, 0.15) is 30.4 Å². The molecule has 0 spiro atoms. The van der Waals surface area contributed by atoms with Gasteiger partial charge in [-0.3, -0.25) is 15.0 Å². The van der Waals surface area contributed by atoms with Crippen LogP contribution in [0, 0.1) is 0 Å². The minimum absolute atomic E-state index is 0.0258. The maximum absolute atomic E-state index is 12.4. The molecule has 25 heavy (non-hydrogen) atoms. The van der Waals surface area contributed by atoms with E-state index >= 15 is 0 Å². The Balaban J connectivity index is 1.35. The molecule has 7 heteroatoms. The highest BCUT2D eigenvalue weighted by molar-refractivity contribution is 5.83. The average Bonchev–Trinajstić information content (AvgIpc) is 3.18. The van der Waals surface area contributed by atoms with E-state index in [9.17, 15) is 9.59 Å². The van der Waals surface area contributed by atoms with Gasteiger partial charge in [-0.2, -0.15) is 0 Å². The van der Waals surface area contributed by atoms with E-state index < -0.39 is 12.3 Å². The Hall–Kier alpha value is -1.96. The predicted octanol–water partition coefficient (Wildman–Crippen LogP) is 0.185. The fraction of sp³-hybridized carbons (Fsp3) is 0.556. The second kappa shape index (κ2) is 7.11. The number of carbonyl (C=O) groups is 2. The van der Waals surface area contributed by atoms with Gasteiger partial charge >= 0.3 is 5.97 Å². The van der Waals surface area contributed by atoms with Gasteiger partial charge in [0.05, 0.1) is 18.6 Å². The Kier molecular flexibility index (Phi) is 4.70. The van der Waals surface area contributed by atoms with Crippen molar-refractivity contribution < 1.29 is 19.1 Å². The van der Waals surface area contributed by atoms with Crippen molar-refractivity contribution in [2.75, 3.05) is 6.54 Å². The minimum Gasteiger partial charge on any atom is -0.433 e. The van der Waals surface area contributed by atoms with Crippen molar-refractivity contribution in [2.24, 2.45) is 0 Å². The Morgan fingerprint density at radius 1 is 1.20 bits per heavy atom. The quantitative estimate of drug-likeness (QED) is 0.675. The highest BCUT2D eigenvalue weighted by atomic mass is 16.7. The number of hydrogen-bond donors (Lipinski definition) is 3. The molecule has 3 N–H and O–H groups in total. The summed E-state index contributed by atoms with van der Waals surface area (Å²) in [6.45, 7) is 0.850. The van der Waals surface area contributed by atoms with Crippen LogP contribution in [0.4, 0.5) is 0 Å². The number of hydrogen-bond acceptors (Lipinski definition) is 6. The van der Waals surface area contributed by atoms with Crippen LogP contribution in [0.2, 0.25) is 0 Å². The lowest BCUT2D eigenvalue weighted by Crippen LogP contribution is -2.56. The summed E-state index contributed by atoms with van der Waals surface area (Å²) in [7, 11) is 0. The monoisotopic (exact) mass is 345 g/mol. The number of carbonyl (C=O) groups excluding carboxylic acids is 2. The number of benzene rings is 1. The second-order valence-electron chi connectivity index (χ2n) is 6.88. The van der Waals surface area contributed by atoms with Crippen LogP contribution in [0.25, 0.3) is 0 Å². The predicted molar refractivity (Wildman–Crippen MR) is 89.3 cm³/mol. The van der Waals surface area contributed by atoms with Gasteiger partial charge in [0.1, 0.15) is 6.04 Å². The van der Waals surface area contributed by atoms with E-state index in [-0.39, 0.29) is 30.4 Å². The van der Waals surface area contributed by atoms with Gasteiger partial charge in [-0.15, -0.1) is 0 Å². The van der Waals surface area contributed by atoms with Crippen molar-refractivity contribution in [3.63, 3.8) is 0 Å². The van der Waals surface area contributed by atoms with Gasteiger partial charge in [0.2, 0.25) is 12.2 Å². The SMILES string of the molecule is O=C1C[C@H](NC(=O)[C@@H]2CCCNN2)[C@H](OC2Cc3ccccc3C2)O1. The number of nitrogens with one attached hydrogen (secondary N) is 3. The molecular formula is C18H23N3O4. The third-order valence-corrected chi connectivity index (χ3v) is 5.02. The van der Waals surface area contributed by atoms with Crippen LogP contribution in [-0.4, -0.2) is 42.9 Å². The van der Waals surface area contributed by atoms with Crippen LogP contribution < -0.4 is 16.2 Å². The van der Waals surface area contributed by atoms with Gasteiger partial charge in [0, 0.05) is 6.54 Å². The minimum atomic E-state index is -0.715. The molecule has 134 valence electrons. The van der Waals surface area contributed by atoms with Crippen LogP contribution in [0.15, 0.2) is 24.3 Å². The van der Waals surface area contributed by atoms with Gasteiger partial charge in [-0.25, -0.2) is 5.43 Å². The lowest BCUT2D eigenvalue weighted by Gasteiger charge is -2.27. The molecule has 3 aliphatic rings. The molecule has 0 radical (unpaired) electrons. The molecule has 2 heterocycles. The van der Waals surface area contributed by atoms with Crippen molar-refractivity contribution in [3.05, 3.63) is 35.4 Å². The first-order chi connectivity index (χ1) is 12.2. The molecule has 1 amide bonds. The fourth-order valence-corrected chi connectivity index (χ4v) is 3.72. The zero-order valence-corrected chi connectivity index (χ0v) is 14.0. The first kappa shape index (κ1) is 16.5. The summed E-state index contributed by atoms with van der Waals surface area (Å²) in [6, 6.07) is 7.50. The third kappa shape index (κ3) is 3.68. The number of fused-ring (bicyclic) bond motifs is 1. The van der Waals surface area contributed by atoms with Gasteiger partial charge in [-0.05, 0) is 36.8 Å². The van der Waals surface area contributed by atoms with Gasteiger partial charge in [0.25, 0.3) is 0 Å². The van der Waals surface area contributed by atoms with Gasteiger partial charge in [0.15, 0.2) is 0 Å². The number of hydrazine groups is 1. The highest BCUT2D eigenvalue weighted by Crippen LogP contribution is 2.27. The van der Waals surface area contributed by atoms with Crippen LogP contribution in [0.5, 0.6) is 0 Å². The molecule has 0 unspecified atom stereocenters. The van der Waals surface area contributed by atoms with Crippen molar-refractivity contribution >= 4 is 11.9 Å². The first-order valence-electron chi connectivity index (χ1n) is 8.89. The Morgan fingerprint density at radius 2 is 1.96 bits per heavy atom. The molecule has 3 atom stereocenters. The molecule has 1 aromatic carbocycles. The van der Waals surface area contributed by atoms with Crippen molar-refractivity contribution in [1.82, 2.24) is 16.2 Å². The fourth-order valence-electron chi connectivity index (χ4n) is 3.72. The summed E-state index contributed by atoms with van der Waals surface area (Å²) in [5.41, 5.74) is 8.51. The average molecular weight is 345 g/mol. The molecule has 0 saturated carbocycles. The summed E-state index contributed by atoms with van der Waals surface area (Å²) < 4.78 is 11.3. The smallest absolute Gasteiger partial charge is 0.310 e. The normalized spacial score (nSPS) is 29.3. The lowest BCUT2D eigenvalue weighted by atomic mass is 10.1. The van der Waals surface area contributed by atoms with Gasteiger partial charge < -0.3 is 14.8 Å². The molecule has 1 aliphatic carbocycles. The standard InChI is InChI=1S/C18H23N3O4/c22-16-10-15(20-17(23)14-6-3-7-19-21-14)18(25-16)24-13-8-11-4-1-2-5-12(11)9-13/h1-2,4-5,13-15,18-19,21H,3,6-10H2,(H,20,23)/t14-,15-,18+/m0/s1. The lowest BCUT2D eigenvalue weighted by molar-refractivity contribution is -0.175. The summed E-state index contributed by atoms with van der Waals surface area (Å²) in [5.74, 6) is -0.459. The van der Waals surface area contributed by atoms with Crippen LogP contribution in [-0.2, 0) is 31.9 Å². The zero-order valence-electron chi connectivity index (χ0n) is 14.0. The molecule has 2 aliphatic heterocycles. The van der Waals surface area contributed by atoms with E-state index in [4.69, 9.17) is 9.47 Å². The third-order valence-electron chi connectivity index (χ3n) is 5.02. The highest BCUT2D eigenvalue weighted by Gasteiger charge is 2.40. The molecule has 4 rings (SSSR count). The molecule has 0 bridgehead atoms. The number of cyclic esters (lactones) is 1. The van der Waals surface area contributed by atoms with E-state index in [0.29, 0.717) is 0 Å². The largest absolute Gasteiger partial charge is 0.433 e. The summed E-state index contributed by atoms with van der Waals surface area (Å²) in [6.07, 6.45) is 2.72. The van der Waals surface area contributed by atoms with Gasteiger partial charge in [-0.1, -0.05) is 24.3 Å². The summed E-state index contributed by atoms with van der Waals surface area (Å²) in [5, 5.41) is 2.91. The summed E-state index contributed by atoms with van der Waals surface area (Å²) >= 11 is 0. The van der Waals surface area contributed by atoms with Crippen molar-refractivity contribution in [2.45, 2.75) is 56.6 Å². The number of ether oxygens (including phenoxy) is 2. The van der Waals surface area contributed by atoms with Crippen molar-refractivity contribution in [1.29, 1.82) is 0 Å². The topological polar surface area (TPSA) is 88.7 Å². The molecule has 0 aromatic heterocycles. The van der Waals surface area contributed by atoms with E-state index in [2.05, 4.69) is 28.3 Å².